The topological polar surface area (TPSA) is 63.7 Å². The van der Waals surface area contributed by atoms with Crippen LogP contribution in [0.1, 0.15) is 30.2 Å². The van der Waals surface area contributed by atoms with Gasteiger partial charge in [0, 0.05) is 31.2 Å². The van der Waals surface area contributed by atoms with Crippen molar-refractivity contribution in [3.8, 4) is 0 Å². The van der Waals surface area contributed by atoms with Crippen LogP contribution >= 0.6 is 22.9 Å². The van der Waals surface area contributed by atoms with E-state index in [2.05, 4.69) is 0 Å². The number of amides is 1. The van der Waals surface area contributed by atoms with Crippen molar-refractivity contribution in [2.45, 2.75) is 43.2 Å². The lowest BCUT2D eigenvalue weighted by molar-refractivity contribution is -0.131. The number of nitrogens with zero attached hydrogens (tertiary/aromatic N) is 1. The summed E-state index contributed by atoms with van der Waals surface area (Å²) in [5.74, 6) is -0.301. The molecular formula is C15H20ClNO4S2. The van der Waals surface area contributed by atoms with Crippen LogP contribution in [0.2, 0.25) is 4.34 Å². The molecular weight excluding hydrogens is 358 g/mol. The van der Waals surface area contributed by atoms with E-state index in [0.29, 0.717) is 43.5 Å². The van der Waals surface area contributed by atoms with E-state index in [4.69, 9.17) is 16.3 Å². The number of rotatable bonds is 3. The van der Waals surface area contributed by atoms with Gasteiger partial charge in [-0.15, -0.1) is 11.3 Å². The number of halogens is 1. The molecule has 0 radical (unpaired) electrons. The van der Waals surface area contributed by atoms with E-state index in [1.54, 1.807) is 4.90 Å². The molecule has 0 aromatic carbocycles. The largest absolute Gasteiger partial charge is 0.381 e. The lowest BCUT2D eigenvalue weighted by Gasteiger charge is -2.31. The molecule has 1 unspecified atom stereocenters. The van der Waals surface area contributed by atoms with Gasteiger partial charge in [0.05, 0.1) is 9.59 Å². The first-order chi connectivity index (χ1) is 10.9. The Balaban J connectivity index is 1.72. The van der Waals surface area contributed by atoms with Gasteiger partial charge in [0.2, 0.25) is 5.91 Å². The second-order valence-corrected chi connectivity index (χ2v) is 10.4. The predicted octanol–water partition coefficient (Wildman–Crippen LogP) is 2.27. The van der Waals surface area contributed by atoms with Crippen molar-refractivity contribution in [3.63, 3.8) is 0 Å². The fourth-order valence-electron chi connectivity index (χ4n) is 3.18. The summed E-state index contributed by atoms with van der Waals surface area (Å²) in [4.78, 5) is 15.5. The molecule has 0 aliphatic carbocycles. The first-order valence-electron chi connectivity index (χ1n) is 7.76. The monoisotopic (exact) mass is 377 g/mol. The quantitative estimate of drug-likeness (QED) is 0.810. The first kappa shape index (κ1) is 17.2. The summed E-state index contributed by atoms with van der Waals surface area (Å²) in [6.45, 7) is 3.42. The molecule has 2 aliphatic rings. The molecule has 1 fully saturated rings. The zero-order valence-electron chi connectivity index (χ0n) is 13.0. The van der Waals surface area contributed by atoms with Crippen molar-refractivity contribution >= 4 is 38.7 Å². The van der Waals surface area contributed by atoms with Crippen LogP contribution in [-0.4, -0.2) is 49.5 Å². The molecule has 0 bridgehead atoms. The zero-order valence-corrected chi connectivity index (χ0v) is 15.3. The van der Waals surface area contributed by atoms with Gasteiger partial charge < -0.3 is 9.64 Å². The van der Waals surface area contributed by atoms with Gasteiger partial charge >= 0.3 is 0 Å². The van der Waals surface area contributed by atoms with E-state index >= 15 is 0 Å². The Bertz CT molecular complexity index is 694. The Morgan fingerprint density at radius 3 is 2.83 bits per heavy atom. The van der Waals surface area contributed by atoms with Gasteiger partial charge in [0.15, 0.2) is 9.84 Å². The lowest BCUT2D eigenvalue weighted by Crippen LogP contribution is -2.47. The molecule has 1 aromatic rings. The second-order valence-electron chi connectivity index (χ2n) is 6.05. The Hall–Kier alpha value is -0.630. The van der Waals surface area contributed by atoms with E-state index < -0.39 is 20.3 Å². The van der Waals surface area contributed by atoms with E-state index in [-0.39, 0.29) is 5.91 Å². The lowest BCUT2D eigenvalue weighted by atomic mass is 10.1. The highest BCUT2D eigenvalue weighted by Crippen LogP contribution is 2.32. The molecule has 0 N–H and O–H groups in total. The summed E-state index contributed by atoms with van der Waals surface area (Å²) < 4.78 is 31.3. The molecule has 1 aromatic heterocycles. The van der Waals surface area contributed by atoms with Crippen LogP contribution in [0.5, 0.6) is 0 Å². The third-order valence-electron chi connectivity index (χ3n) is 4.62. The Morgan fingerprint density at radius 1 is 1.43 bits per heavy atom. The Labute approximate surface area is 145 Å². The molecule has 2 aliphatic heterocycles. The normalized spacial score (nSPS) is 21.0. The van der Waals surface area contributed by atoms with Crippen LogP contribution in [0.15, 0.2) is 6.07 Å². The smallest absolute Gasteiger partial charge is 0.240 e. The first-order valence-corrected chi connectivity index (χ1v) is 10.6. The zero-order chi connectivity index (χ0) is 16.6. The Kier molecular flexibility index (Phi) is 5.01. The molecule has 1 amide bonds. The molecule has 3 rings (SSSR count). The van der Waals surface area contributed by atoms with Crippen LogP contribution in [0, 0.1) is 0 Å². The number of hydrogen-bond donors (Lipinski definition) is 0. The highest BCUT2D eigenvalue weighted by molar-refractivity contribution is 7.93. The van der Waals surface area contributed by atoms with Crippen molar-refractivity contribution in [2.24, 2.45) is 0 Å². The maximum Gasteiger partial charge on any atom is 0.240 e. The van der Waals surface area contributed by atoms with Gasteiger partial charge in [-0.05, 0) is 37.8 Å². The number of sulfone groups is 1. The minimum atomic E-state index is -3.48. The highest BCUT2D eigenvalue weighted by atomic mass is 35.5. The summed E-state index contributed by atoms with van der Waals surface area (Å²) in [6, 6.07) is 1.87. The second kappa shape index (κ2) is 6.70. The SMILES string of the molecule is CC(C(=O)N1CCc2sc(Cl)cc2C1)S(=O)(=O)C1CCOCC1. The van der Waals surface area contributed by atoms with Crippen molar-refractivity contribution in [2.75, 3.05) is 19.8 Å². The average molecular weight is 378 g/mol. The third kappa shape index (κ3) is 3.43. The average Bonchev–Trinajstić information content (AvgIpc) is 2.93. The standard InChI is InChI=1S/C15H20ClNO4S2/c1-10(23(19,20)12-3-6-21-7-4-12)15(18)17-5-2-13-11(9-17)8-14(16)22-13/h8,10,12H,2-7,9H2,1H3. The minimum absolute atomic E-state index is 0.301. The molecule has 1 atom stereocenters. The summed E-state index contributed by atoms with van der Waals surface area (Å²) in [7, 11) is -3.48. The van der Waals surface area contributed by atoms with E-state index in [1.807, 2.05) is 6.07 Å². The fourth-order valence-corrected chi connectivity index (χ4v) is 6.33. The number of fused-ring (bicyclic) bond motifs is 1. The van der Waals surface area contributed by atoms with Crippen molar-refractivity contribution in [1.82, 2.24) is 4.90 Å². The number of carbonyl (C=O) groups is 1. The van der Waals surface area contributed by atoms with Crippen LogP contribution in [0.3, 0.4) is 0 Å². The van der Waals surface area contributed by atoms with Gasteiger partial charge in [-0.25, -0.2) is 8.42 Å². The molecule has 5 nitrogen and oxygen atoms in total. The van der Waals surface area contributed by atoms with E-state index in [0.717, 1.165) is 12.0 Å². The Morgan fingerprint density at radius 2 is 2.13 bits per heavy atom. The number of ether oxygens (including phenoxy) is 1. The van der Waals surface area contributed by atoms with E-state index in [1.165, 1.54) is 23.1 Å². The molecule has 1 saturated heterocycles. The van der Waals surface area contributed by atoms with Gasteiger partial charge in [0.1, 0.15) is 5.25 Å². The van der Waals surface area contributed by atoms with Crippen LogP contribution < -0.4 is 0 Å². The van der Waals surface area contributed by atoms with Gasteiger partial charge in [-0.2, -0.15) is 0 Å². The van der Waals surface area contributed by atoms with Gasteiger partial charge in [-0.1, -0.05) is 11.6 Å². The van der Waals surface area contributed by atoms with Crippen LogP contribution in [0.4, 0.5) is 0 Å². The molecule has 0 saturated carbocycles. The summed E-state index contributed by atoms with van der Waals surface area (Å²) >= 11 is 7.56. The summed E-state index contributed by atoms with van der Waals surface area (Å²) in [5, 5.41) is -1.47. The molecule has 8 heteroatoms. The third-order valence-corrected chi connectivity index (χ3v) is 8.58. The fraction of sp³-hybridized carbons (Fsp3) is 0.667. The highest BCUT2D eigenvalue weighted by Gasteiger charge is 2.39. The van der Waals surface area contributed by atoms with Gasteiger partial charge in [-0.3, -0.25) is 4.79 Å². The maximum atomic E-state index is 12.7. The minimum Gasteiger partial charge on any atom is -0.381 e. The van der Waals surface area contributed by atoms with Crippen molar-refractivity contribution < 1.29 is 17.9 Å². The summed E-state index contributed by atoms with van der Waals surface area (Å²) in [6.07, 6.45) is 1.69. The molecule has 23 heavy (non-hydrogen) atoms. The molecule has 0 spiro atoms. The van der Waals surface area contributed by atoms with Crippen molar-refractivity contribution in [3.05, 3.63) is 20.8 Å². The number of thiophene rings is 1. The van der Waals surface area contributed by atoms with Crippen LogP contribution in [-0.2, 0) is 32.3 Å². The van der Waals surface area contributed by atoms with Gasteiger partial charge in [0.25, 0.3) is 0 Å². The van der Waals surface area contributed by atoms with Crippen molar-refractivity contribution in [1.29, 1.82) is 0 Å². The van der Waals surface area contributed by atoms with E-state index in [9.17, 15) is 13.2 Å². The summed E-state index contributed by atoms with van der Waals surface area (Å²) in [5.41, 5.74) is 1.04. The number of hydrogen-bond acceptors (Lipinski definition) is 5. The predicted molar refractivity (Wildman–Crippen MR) is 90.7 cm³/mol. The van der Waals surface area contributed by atoms with Crippen LogP contribution in [0.25, 0.3) is 0 Å². The number of carbonyl (C=O) groups excluding carboxylic acids is 1. The molecule has 3 heterocycles. The maximum absolute atomic E-state index is 12.7. The molecule has 128 valence electrons.